The van der Waals surface area contributed by atoms with Gasteiger partial charge in [0, 0.05) is 13.2 Å². The van der Waals surface area contributed by atoms with Gasteiger partial charge in [0.1, 0.15) is 0 Å². The lowest BCUT2D eigenvalue weighted by molar-refractivity contribution is -0.153. The molecule has 4 heteroatoms. The van der Waals surface area contributed by atoms with E-state index in [4.69, 9.17) is 9.47 Å². The molecule has 3 nitrogen and oxygen atoms in total. The Morgan fingerprint density at radius 1 is 1.22 bits per heavy atom. The van der Waals surface area contributed by atoms with Gasteiger partial charge in [-0.3, -0.25) is 0 Å². The zero-order chi connectivity index (χ0) is 13.2. The van der Waals surface area contributed by atoms with Crippen LogP contribution in [0.1, 0.15) is 32.8 Å². The highest BCUT2D eigenvalue weighted by Crippen LogP contribution is 2.13. The first kappa shape index (κ1) is 15.6. The van der Waals surface area contributed by atoms with Gasteiger partial charge in [0.2, 0.25) is 0 Å². The fraction of sp³-hybridized carbons (Fsp3) is 0.714. The molecule has 0 aliphatic rings. The molecule has 1 rings (SSSR count). The molecule has 1 aromatic rings. The second-order valence-corrected chi connectivity index (χ2v) is 4.96. The summed E-state index contributed by atoms with van der Waals surface area (Å²) in [6.07, 6.45) is 1.91. The maximum atomic E-state index is 5.71. The van der Waals surface area contributed by atoms with Crippen molar-refractivity contribution in [3.63, 3.8) is 0 Å². The quantitative estimate of drug-likeness (QED) is 0.663. The topological polar surface area (TPSA) is 30.5 Å². The molecule has 0 spiro atoms. The van der Waals surface area contributed by atoms with Crippen molar-refractivity contribution in [3.8, 4) is 0 Å². The van der Waals surface area contributed by atoms with E-state index in [2.05, 4.69) is 29.1 Å². The predicted molar refractivity (Wildman–Crippen MR) is 77.1 cm³/mol. The van der Waals surface area contributed by atoms with E-state index in [1.165, 1.54) is 5.56 Å². The van der Waals surface area contributed by atoms with Crippen LogP contribution in [0.4, 0.5) is 0 Å². The van der Waals surface area contributed by atoms with Crippen LogP contribution in [-0.4, -0.2) is 32.1 Å². The average Bonchev–Trinajstić information content (AvgIpc) is 2.87. The Balaban J connectivity index is 2.61. The van der Waals surface area contributed by atoms with Crippen LogP contribution in [0.2, 0.25) is 0 Å². The third-order valence-electron chi connectivity index (χ3n) is 2.68. The Labute approximate surface area is 114 Å². The maximum absolute atomic E-state index is 5.71. The van der Waals surface area contributed by atoms with Crippen LogP contribution in [0.15, 0.2) is 16.8 Å². The minimum atomic E-state index is -0.161. The van der Waals surface area contributed by atoms with Crippen molar-refractivity contribution < 1.29 is 9.47 Å². The monoisotopic (exact) mass is 271 g/mol. The van der Waals surface area contributed by atoms with Gasteiger partial charge >= 0.3 is 0 Å². The summed E-state index contributed by atoms with van der Waals surface area (Å²) in [7, 11) is 0. The summed E-state index contributed by atoms with van der Waals surface area (Å²) in [6, 6.07) is 2.39. The number of ether oxygens (including phenoxy) is 2. The molecule has 1 N–H and O–H groups in total. The van der Waals surface area contributed by atoms with Crippen LogP contribution in [0.5, 0.6) is 0 Å². The molecule has 1 heterocycles. The summed E-state index contributed by atoms with van der Waals surface area (Å²) in [5.41, 5.74) is 1.35. The number of rotatable bonds is 10. The minimum absolute atomic E-state index is 0.161. The molecule has 104 valence electrons. The molecule has 0 saturated heterocycles. The van der Waals surface area contributed by atoms with Crippen molar-refractivity contribution in [3.05, 3.63) is 22.4 Å². The molecule has 0 aliphatic carbocycles. The van der Waals surface area contributed by atoms with Crippen LogP contribution >= 0.6 is 11.3 Å². The van der Waals surface area contributed by atoms with Crippen LogP contribution in [0.25, 0.3) is 0 Å². The molecule has 0 amide bonds. The summed E-state index contributed by atoms with van der Waals surface area (Å²) in [4.78, 5) is 0. The van der Waals surface area contributed by atoms with E-state index < -0.39 is 0 Å². The summed E-state index contributed by atoms with van der Waals surface area (Å²) in [6.45, 7) is 8.54. The first-order valence-electron chi connectivity index (χ1n) is 6.79. The first-order chi connectivity index (χ1) is 8.81. The summed E-state index contributed by atoms with van der Waals surface area (Å²) in [5, 5.41) is 7.84. The molecule has 18 heavy (non-hydrogen) atoms. The van der Waals surface area contributed by atoms with Crippen LogP contribution in [-0.2, 0) is 15.9 Å². The Hall–Kier alpha value is -0.420. The van der Waals surface area contributed by atoms with Gasteiger partial charge in [0.25, 0.3) is 0 Å². The second-order valence-electron chi connectivity index (χ2n) is 4.18. The fourth-order valence-corrected chi connectivity index (χ4v) is 2.55. The number of hydrogen-bond donors (Lipinski definition) is 1. The molecule has 0 bridgehead atoms. The number of thiophene rings is 1. The third-order valence-corrected chi connectivity index (χ3v) is 3.41. The zero-order valence-corrected chi connectivity index (χ0v) is 12.5. The Morgan fingerprint density at radius 3 is 2.44 bits per heavy atom. The largest absolute Gasteiger partial charge is 0.351 e. The van der Waals surface area contributed by atoms with Gasteiger partial charge in [0.05, 0.1) is 6.04 Å². The van der Waals surface area contributed by atoms with Gasteiger partial charge in [-0.15, -0.1) is 0 Å². The molecule has 0 saturated carbocycles. The van der Waals surface area contributed by atoms with Crippen LogP contribution < -0.4 is 5.32 Å². The van der Waals surface area contributed by atoms with Crippen molar-refractivity contribution in [1.82, 2.24) is 5.32 Å². The Morgan fingerprint density at radius 2 is 1.94 bits per heavy atom. The van der Waals surface area contributed by atoms with E-state index in [-0.39, 0.29) is 12.3 Å². The highest BCUT2D eigenvalue weighted by molar-refractivity contribution is 7.07. The third kappa shape index (κ3) is 5.48. The smallest absolute Gasteiger partial charge is 0.172 e. The normalized spacial score (nSPS) is 13.1. The second kappa shape index (κ2) is 9.50. The molecule has 1 aromatic heterocycles. The molecule has 1 unspecified atom stereocenters. The van der Waals surface area contributed by atoms with Gasteiger partial charge in [-0.05, 0) is 55.6 Å². The summed E-state index contributed by atoms with van der Waals surface area (Å²) in [5.74, 6) is 0. The van der Waals surface area contributed by atoms with E-state index >= 15 is 0 Å². The molecular weight excluding hydrogens is 246 g/mol. The lowest BCUT2D eigenvalue weighted by atomic mass is 10.1. The lowest BCUT2D eigenvalue weighted by Gasteiger charge is -2.27. The van der Waals surface area contributed by atoms with Crippen molar-refractivity contribution >= 4 is 11.3 Å². The minimum Gasteiger partial charge on any atom is -0.351 e. The Bertz CT molecular complexity index is 284. The number of nitrogens with one attached hydrogen (secondary N) is 1. The van der Waals surface area contributed by atoms with E-state index in [9.17, 15) is 0 Å². The van der Waals surface area contributed by atoms with E-state index in [1.54, 1.807) is 11.3 Å². The fourth-order valence-electron chi connectivity index (χ4n) is 1.87. The average molecular weight is 271 g/mol. The highest BCUT2D eigenvalue weighted by atomic mass is 32.1. The van der Waals surface area contributed by atoms with Gasteiger partial charge in [-0.1, -0.05) is 6.92 Å². The van der Waals surface area contributed by atoms with Gasteiger partial charge in [-0.2, -0.15) is 11.3 Å². The molecule has 1 atom stereocenters. The van der Waals surface area contributed by atoms with Crippen molar-refractivity contribution in [2.45, 2.75) is 45.9 Å². The highest BCUT2D eigenvalue weighted by Gasteiger charge is 2.22. The van der Waals surface area contributed by atoms with Crippen molar-refractivity contribution in [2.24, 2.45) is 0 Å². The van der Waals surface area contributed by atoms with Gasteiger partial charge < -0.3 is 14.8 Å². The van der Waals surface area contributed by atoms with Gasteiger partial charge in [0.15, 0.2) is 6.29 Å². The summed E-state index contributed by atoms with van der Waals surface area (Å²) >= 11 is 1.73. The van der Waals surface area contributed by atoms with Crippen molar-refractivity contribution in [1.29, 1.82) is 0 Å². The van der Waals surface area contributed by atoms with E-state index in [0.717, 1.165) is 19.4 Å². The maximum Gasteiger partial charge on any atom is 0.172 e. The summed E-state index contributed by atoms with van der Waals surface area (Å²) < 4.78 is 11.4. The molecule has 0 radical (unpaired) electrons. The van der Waals surface area contributed by atoms with E-state index in [0.29, 0.717) is 13.2 Å². The van der Waals surface area contributed by atoms with Crippen LogP contribution in [0, 0.1) is 0 Å². The first-order valence-corrected chi connectivity index (χ1v) is 7.73. The van der Waals surface area contributed by atoms with Crippen LogP contribution in [0.3, 0.4) is 0 Å². The molecular formula is C14H25NO2S. The van der Waals surface area contributed by atoms with Gasteiger partial charge in [-0.25, -0.2) is 0 Å². The zero-order valence-electron chi connectivity index (χ0n) is 11.6. The molecule has 0 aromatic carbocycles. The van der Waals surface area contributed by atoms with E-state index in [1.807, 2.05) is 13.8 Å². The standard InChI is InChI=1S/C14H25NO2S/c1-4-8-15-13(10-12-7-9-18-11-12)14(16-5-2)17-6-3/h7,9,11,13-15H,4-6,8,10H2,1-3H3. The SMILES string of the molecule is CCCNC(Cc1ccsc1)C(OCC)OCC. The lowest BCUT2D eigenvalue weighted by Crippen LogP contribution is -2.45. The number of hydrogen-bond acceptors (Lipinski definition) is 4. The predicted octanol–water partition coefficient (Wildman–Crippen LogP) is 3.06. The Kier molecular flexibility index (Phi) is 8.25. The molecule has 0 aliphatic heterocycles. The molecule has 0 fully saturated rings. The van der Waals surface area contributed by atoms with Crippen molar-refractivity contribution in [2.75, 3.05) is 19.8 Å².